The zero-order valence-electron chi connectivity index (χ0n) is 15.6. The summed E-state index contributed by atoms with van der Waals surface area (Å²) in [6.45, 7) is 1.73. The fourth-order valence-electron chi connectivity index (χ4n) is 2.77. The van der Waals surface area contributed by atoms with Crippen molar-refractivity contribution in [3.63, 3.8) is 0 Å². The predicted octanol–water partition coefficient (Wildman–Crippen LogP) is 4.72. The number of para-hydroxylation sites is 1. The Morgan fingerprint density at radius 3 is 2.07 bits per heavy atom. The Kier molecular flexibility index (Phi) is 6.41. The molecule has 2 amide bonds. The topological polar surface area (TPSA) is 67.4 Å². The van der Waals surface area contributed by atoms with Crippen LogP contribution in [0.3, 0.4) is 0 Å². The van der Waals surface area contributed by atoms with Crippen LogP contribution in [-0.2, 0) is 9.59 Å². The van der Waals surface area contributed by atoms with Gasteiger partial charge in [-0.3, -0.25) is 9.59 Å². The Morgan fingerprint density at radius 1 is 0.786 bits per heavy atom. The maximum Gasteiger partial charge on any atom is 0.227 e. The van der Waals surface area contributed by atoms with Crippen LogP contribution in [0.2, 0.25) is 0 Å². The van der Waals surface area contributed by atoms with Gasteiger partial charge in [0, 0.05) is 23.9 Å². The van der Waals surface area contributed by atoms with E-state index in [0.29, 0.717) is 11.4 Å². The molecule has 3 aromatic carbocycles. The molecule has 142 valence electrons. The smallest absolute Gasteiger partial charge is 0.227 e. The minimum atomic E-state index is -0.135. The SMILES string of the molecule is CC(=O)Nc1ccc(NC(=O)CCOc2ccccc2-c2ccccc2)cc1. The van der Waals surface area contributed by atoms with E-state index in [0.717, 1.165) is 16.9 Å². The van der Waals surface area contributed by atoms with Crippen molar-refractivity contribution in [1.29, 1.82) is 0 Å². The van der Waals surface area contributed by atoms with Crippen molar-refractivity contribution in [2.75, 3.05) is 17.2 Å². The Hall–Kier alpha value is -3.60. The Labute approximate surface area is 164 Å². The van der Waals surface area contributed by atoms with Crippen LogP contribution in [0.4, 0.5) is 11.4 Å². The molecule has 0 radical (unpaired) electrons. The lowest BCUT2D eigenvalue weighted by Gasteiger charge is -2.12. The highest BCUT2D eigenvalue weighted by atomic mass is 16.5. The third kappa shape index (κ3) is 5.45. The predicted molar refractivity (Wildman–Crippen MR) is 111 cm³/mol. The van der Waals surface area contributed by atoms with Gasteiger partial charge in [-0.05, 0) is 35.9 Å². The van der Waals surface area contributed by atoms with Gasteiger partial charge in [-0.15, -0.1) is 0 Å². The second-order valence-corrected chi connectivity index (χ2v) is 6.27. The van der Waals surface area contributed by atoms with Crippen LogP contribution in [0.25, 0.3) is 11.1 Å². The zero-order chi connectivity index (χ0) is 19.8. The standard InChI is InChI=1S/C23H22N2O3/c1-17(26)24-19-11-13-20(14-12-19)25-23(27)15-16-28-22-10-6-5-9-21(22)18-7-3-2-4-8-18/h2-14H,15-16H2,1H3,(H,24,26)(H,25,27). The number of amides is 2. The van der Waals surface area contributed by atoms with Gasteiger partial charge in [-0.1, -0.05) is 48.5 Å². The lowest BCUT2D eigenvalue weighted by Crippen LogP contribution is -2.15. The van der Waals surface area contributed by atoms with E-state index in [1.54, 1.807) is 24.3 Å². The lowest BCUT2D eigenvalue weighted by atomic mass is 10.1. The van der Waals surface area contributed by atoms with Crippen molar-refractivity contribution < 1.29 is 14.3 Å². The van der Waals surface area contributed by atoms with Crippen LogP contribution in [-0.4, -0.2) is 18.4 Å². The molecule has 0 atom stereocenters. The van der Waals surface area contributed by atoms with Crippen molar-refractivity contribution in [2.45, 2.75) is 13.3 Å². The molecule has 28 heavy (non-hydrogen) atoms. The number of anilines is 2. The Morgan fingerprint density at radius 2 is 1.39 bits per heavy atom. The van der Waals surface area contributed by atoms with Gasteiger partial charge in [-0.25, -0.2) is 0 Å². The van der Waals surface area contributed by atoms with E-state index in [1.165, 1.54) is 6.92 Å². The van der Waals surface area contributed by atoms with E-state index in [1.807, 2.05) is 54.6 Å². The number of rotatable bonds is 7. The Bertz CT molecular complexity index is 938. The number of benzene rings is 3. The monoisotopic (exact) mass is 374 g/mol. The van der Waals surface area contributed by atoms with Crippen molar-refractivity contribution in [3.8, 4) is 16.9 Å². The Balaban J connectivity index is 1.53. The quantitative estimate of drug-likeness (QED) is 0.629. The molecule has 0 saturated heterocycles. The van der Waals surface area contributed by atoms with Crippen LogP contribution in [0.1, 0.15) is 13.3 Å². The first-order valence-corrected chi connectivity index (χ1v) is 9.06. The van der Waals surface area contributed by atoms with Crippen molar-refractivity contribution in [1.82, 2.24) is 0 Å². The average Bonchev–Trinajstić information content (AvgIpc) is 2.70. The largest absolute Gasteiger partial charge is 0.492 e. The summed E-state index contributed by atoms with van der Waals surface area (Å²) in [4.78, 5) is 23.2. The molecular formula is C23H22N2O3. The number of nitrogens with one attached hydrogen (secondary N) is 2. The van der Waals surface area contributed by atoms with Crippen LogP contribution < -0.4 is 15.4 Å². The molecule has 0 aliphatic carbocycles. The fourth-order valence-corrected chi connectivity index (χ4v) is 2.77. The zero-order valence-corrected chi connectivity index (χ0v) is 15.6. The molecule has 5 nitrogen and oxygen atoms in total. The second-order valence-electron chi connectivity index (χ2n) is 6.27. The van der Waals surface area contributed by atoms with E-state index in [-0.39, 0.29) is 24.8 Å². The second kappa shape index (κ2) is 9.37. The first-order chi connectivity index (χ1) is 13.6. The molecule has 0 aliphatic heterocycles. The highest BCUT2D eigenvalue weighted by molar-refractivity contribution is 5.92. The third-order valence-corrected chi connectivity index (χ3v) is 4.05. The first kappa shape index (κ1) is 19.2. The van der Waals surface area contributed by atoms with Gasteiger partial charge in [0.25, 0.3) is 0 Å². The molecular weight excluding hydrogens is 352 g/mol. The number of hydrogen-bond acceptors (Lipinski definition) is 3. The van der Waals surface area contributed by atoms with E-state index in [2.05, 4.69) is 10.6 Å². The van der Waals surface area contributed by atoms with E-state index in [9.17, 15) is 9.59 Å². The van der Waals surface area contributed by atoms with E-state index in [4.69, 9.17) is 4.74 Å². The number of carbonyl (C=O) groups excluding carboxylic acids is 2. The molecule has 0 fully saturated rings. The minimum absolute atomic E-state index is 0.135. The number of carbonyl (C=O) groups is 2. The molecule has 3 aromatic rings. The molecule has 3 rings (SSSR count). The van der Waals surface area contributed by atoms with Crippen LogP contribution >= 0.6 is 0 Å². The summed E-state index contributed by atoms with van der Waals surface area (Å²) in [5, 5.41) is 5.51. The number of ether oxygens (including phenoxy) is 1. The minimum Gasteiger partial charge on any atom is -0.492 e. The molecule has 0 heterocycles. The third-order valence-electron chi connectivity index (χ3n) is 4.05. The summed E-state index contributed by atoms with van der Waals surface area (Å²) >= 11 is 0. The van der Waals surface area contributed by atoms with Crippen molar-refractivity contribution in [3.05, 3.63) is 78.9 Å². The van der Waals surface area contributed by atoms with Gasteiger partial charge in [0.1, 0.15) is 5.75 Å². The van der Waals surface area contributed by atoms with E-state index >= 15 is 0 Å². The lowest BCUT2D eigenvalue weighted by molar-refractivity contribution is -0.116. The van der Waals surface area contributed by atoms with Crippen LogP contribution in [0.5, 0.6) is 5.75 Å². The van der Waals surface area contributed by atoms with Crippen LogP contribution in [0, 0.1) is 0 Å². The molecule has 0 unspecified atom stereocenters. The summed E-state index contributed by atoms with van der Waals surface area (Å²) in [7, 11) is 0. The molecule has 0 bridgehead atoms. The van der Waals surface area contributed by atoms with Crippen molar-refractivity contribution in [2.24, 2.45) is 0 Å². The van der Waals surface area contributed by atoms with Gasteiger partial charge < -0.3 is 15.4 Å². The van der Waals surface area contributed by atoms with Gasteiger partial charge in [0.2, 0.25) is 11.8 Å². The summed E-state index contributed by atoms with van der Waals surface area (Å²) < 4.78 is 5.85. The van der Waals surface area contributed by atoms with Gasteiger partial charge in [-0.2, -0.15) is 0 Å². The molecule has 0 aliphatic rings. The summed E-state index contributed by atoms with van der Waals surface area (Å²) in [5.41, 5.74) is 3.43. The molecule has 0 saturated carbocycles. The highest BCUT2D eigenvalue weighted by Gasteiger charge is 2.07. The highest BCUT2D eigenvalue weighted by Crippen LogP contribution is 2.29. The first-order valence-electron chi connectivity index (χ1n) is 9.06. The summed E-state index contributed by atoms with van der Waals surface area (Å²) in [6, 6.07) is 24.7. The number of hydrogen-bond donors (Lipinski definition) is 2. The average molecular weight is 374 g/mol. The van der Waals surface area contributed by atoms with E-state index < -0.39 is 0 Å². The normalized spacial score (nSPS) is 10.2. The fraction of sp³-hybridized carbons (Fsp3) is 0.130. The van der Waals surface area contributed by atoms with Gasteiger partial charge in [0.15, 0.2) is 0 Å². The summed E-state index contributed by atoms with van der Waals surface area (Å²) in [6.07, 6.45) is 0.233. The summed E-state index contributed by atoms with van der Waals surface area (Å²) in [5.74, 6) is 0.482. The van der Waals surface area contributed by atoms with Crippen molar-refractivity contribution >= 4 is 23.2 Å². The maximum atomic E-state index is 12.2. The molecule has 0 spiro atoms. The molecule has 0 aromatic heterocycles. The maximum absolute atomic E-state index is 12.2. The van der Waals surface area contributed by atoms with Gasteiger partial charge >= 0.3 is 0 Å². The molecule has 2 N–H and O–H groups in total. The molecule has 5 heteroatoms. The van der Waals surface area contributed by atoms with Crippen LogP contribution in [0.15, 0.2) is 78.9 Å². The van der Waals surface area contributed by atoms with Gasteiger partial charge in [0.05, 0.1) is 13.0 Å².